The Kier molecular flexibility index (Phi) is 18.2. The SMILES string of the molecule is Cc1c(F)cc(OC(F)(F)c2c(F)cc(OCCCCCCCC(CCCCCCCOc3cc(F)c(C(F)(F)Oc4cc(F)c(C(F)(F)F)c(F)c4)c(F)c3)=C(F)F)cc2F)cc1F. The molecular weight excluding hydrogens is 915 g/mol. The Morgan fingerprint density at radius 3 is 1.03 bits per heavy atom. The van der Waals surface area contributed by atoms with E-state index in [-0.39, 0.29) is 43.8 Å². The number of alkyl halides is 7. The maximum absolute atomic E-state index is 14.6. The molecule has 0 N–H and O–H groups in total. The van der Waals surface area contributed by atoms with Gasteiger partial charge in [-0.05, 0) is 51.0 Å². The molecule has 0 saturated heterocycles. The van der Waals surface area contributed by atoms with E-state index >= 15 is 0 Å². The Bertz CT molecular complexity index is 2180. The first kappa shape index (κ1) is 52.3. The van der Waals surface area contributed by atoms with E-state index < -0.39 is 116 Å². The summed E-state index contributed by atoms with van der Waals surface area (Å²) >= 11 is 0. The van der Waals surface area contributed by atoms with E-state index in [1.54, 1.807) is 0 Å². The van der Waals surface area contributed by atoms with Crippen LogP contribution in [0.4, 0.5) is 74.6 Å². The quantitative estimate of drug-likeness (QED) is 0.0518. The standard InChI is InChI=1S/C44H39F17O4/c1-24-30(45)20-28(21-31(24)46)64-43(58,59)39-34(49)16-26(17-35(39)50)62-14-10-6-2-4-8-12-25(41(53)54)13-9-5-3-7-11-15-63-27-18-36(51)40(37(52)19-27)44(60,61)65-29-22-32(47)38(33(48)23-29)42(55,56)57/h16-23H,2-15H2,1H3. The van der Waals surface area contributed by atoms with Crippen LogP contribution >= 0.6 is 0 Å². The fourth-order valence-electron chi connectivity index (χ4n) is 6.42. The van der Waals surface area contributed by atoms with Gasteiger partial charge >= 0.3 is 18.4 Å². The first-order valence-corrected chi connectivity index (χ1v) is 19.8. The molecule has 4 rings (SSSR count). The number of hydrogen-bond acceptors (Lipinski definition) is 4. The number of rotatable bonds is 24. The second-order valence-corrected chi connectivity index (χ2v) is 14.6. The van der Waals surface area contributed by atoms with Crippen molar-refractivity contribution >= 4 is 0 Å². The van der Waals surface area contributed by atoms with Gasteiger partial charge in [0.2, 0.25) is 0 Å². The zero-order valence-corrected chi connectivity index (χ0v) is 34.1. The summed E-state index contributed by atoms with van der Waals surface area (Å²) in [6, 6.07) is 2.21. The second kappa shape index (κ2) is 22.7. The lowest BCUT2D eigenvalue weighted by molar-refractivity contribution is -0.190. The average Bonchev–Trinajstić information content (AvgIpc) is 3.16. The Morgan fingerprint density at radius 1 is 0.400 bits per heavy atom. The Balaban J connectivity index is 1.09. The predicted octanol–water partition coefficient (Wildman–Crippen LogP) is 15.7. The Hall–Kier alpha value is -5.37. The van der Waals surface area contributed by atoms with E-state index in [9.17, 15) is 74.6 Å². The van der Waals surface area contributed by atoms with Crippen LogP contribution in [-0.2, 0) is 18.4 Å². The number of ether oxygens (including phenoxy) is 4. The van der Waals surface area contributed by atoms with E-state index in [0.29, 0.717) is 101 Å². The molecule has 4 aromatic carbocycles. The maximum atomic E-state index is 14.6. The lowest BCUT2D eigenvalue weighted by Crippen LogP contribution is -2.25. The van der Waals surface area contributed by atoms with Crippen LogP contribution in [0.1, 0.15) is 99.3 Å². The lowest BCUT2D eigenvalue weighted by atomic mass is 10.0. The van der Waals surface area contributed by atoms with Gasteiger partial charge in [0.15, 0.2) is 0 Å². The topological polar surface area (TPSA) is 36.9 Å². The highest BCUT2D eigenvalue weighted by Crippen LogP contribution is 2.41. The van der Waals surface area contributed by atoms with Gasteiger partial charge in [0, 0.05) is 54.1 Å². The molecule has 358 valence electrons. The summed E-state index contributed by atoms with van der Waals surface area (Å²) in [6.07, 6.45) is -11.8. The van der Waals surface area contributed by atoms with Crippen LogP contribution in [0.15, 0.2) is 60.2 Å². The largest absolute Gasteiger partial charge is 0.493 e. The summed E-state index contributed by atoms with van der Waals surface area (Å²) in [5.41, 5.74) is -6.67. The summed E-state index contributed by atoms with van der Waals surface area (Å²) in [5.74, 6) is -17.7. The molecule has 0 aliphatic rings. The van der Waals surface area contributed by atoms with Crippen LogP contribution in [0, 0.1) is 53.5 Å². The van der Waals surface area contributed by atoms with Crippen molar-refractivity contribution < 1.29 is 93.6 Å². The molecule has 4 aromatic rings. The average molecular weight is 955 g/mol. The van der Waals surface area contributed by atoms with Crippen molar-refractivity contribution in [1.82, 2.24) is 0 Å². The van der Waals surface area contributed by atoms with Crippen LogP contribution in [0.25, 0.3) is 0 Å². The molecule has 21 heteroatoms. The minimum atomic E-state index is -5.51. The fraction of sp³-hybridized carbons (Fsp3) is 0.409. The third kappa shape index (κ3) is 14.8. The second-order valence-electron chi connectivity index (χ2n) is 14.6. The van der Waals surface area contributed by atoms with E-state index in [4.69, 9.17) is 9.47 Å². The molecule has 0 unspecified atom stereocenters. The van der Waals surface area contributed by atoms with E-state index in [1.165, 1.54) is 0 Å². The summed E-state index contributed by atoms with van der Waals surface area (Å²) in [7, 11) is 0. The van der Waals surface area contributed by atoms with Crippen molar-refractivity contribution in [3.05, 3.63) is 129 Å². The number of unbranched alkanes of at least 4 members (excludes halogenated alkanes) is 8. The predicted molar refractivity (Wildman–Crippen MR) is 200 cm³/mol. The molecule has 0 atom stereocenters. The molecule has 0 saturated carbocycles. The smallest absolute Gasteiger partial charge is 0.432 e. The summed E-state index contributed by atoms with van der Waals surface area (Å²) < 4.78 is 256. The molecule has 0 bridgehead atoms. The van der Waals surface area contributed by atoms with Gasteiger partial charge in [-0.2, -0.15) is 39.5 Å². The normalized spacial score (nSPS) is 12.1. The molecule has 0 fully saturated rings. The number of allylic oxidation sites excluding steroid dienone is 1. The van der Waals surface area contributed by atoms with Crippen LogP contribution in [0.3, 0.4) is 0 Å². The molecule has 0 aliphatic heterocycles. The van der Waals surface area contributed by atoms with Crippen LogP contribution in [-0.4, -0.2) is 13.2 Å². The molecule has 4 nitrogen and oxygen atoms in total. The van der Waals surface area contributed by atoms with Gasteiger partial charge in [0.25, 0.3) is 6.08 Å². The molecule has 0 aromatic heterocycles. The minimum absolute atomic E-state index is 0.0134. The summed E-state index contributed by atoms with van der Waals surface area (Å²) in [6.45, 7) is 0.866. The van der Waals surface area contributed by atoms with Crippen LogP contribution in [0.5, 0.6) is 23.0 Å². The summed E-state index contributed by atoms with van der Waals surface area (Å²) in [5, 5.41) is 0. The van der Waals surface area contributed by atoms with E-state index in [0.717, 1.165) is 6.92 Å². The molecule has 65 heavy (non-hydrogen) atoms. The molecule has 0 heterocycles. The number of halogens is 17. The monoisotopic (exact) mass is 954 g/mol. The van der Waals surface area contributed by atoms with Crippen molar-refractivity contribution in [1.29, 1.82) is 0 Å². The van der Waals surface area contributed by atoms with Gasteiger partial charge in [-0.15, -0.1) is 0 Å². The van der Waals surface area contributed by atoms with Crippen molar-refractivity contribution in [2.45, 2.75) is 102 Å². The molecule has 0 amide bonds. The highest BCUT2D eigenvalue weighted by Gasteiger charge is 2.44. The first-order chi connectivity index (χ1) is 30.4. The van der Waals surface area contributed by atoms with Crippen molar-refractivity contribution in [2.24, 2.45) is 0 Å². The Labute approximate surface area is 360 Å². The Morgan fingerprint density at radius 2 is 0.692 bits per heavy atom. The van der Waals surface area contributed by atoms with Crippen molar-refractivity contribution in [2.75, 3.05) is 13.2 Å². The maximum Gasteiger partial charge on any atom is 0.432 e. The third-order valence-corrected chi connectivity index (χ3v) is 9.71. The van der Waals surface area contributed by atoms with Gasteiger partial charge < -0.3 is 18.9 Å². The summed E-state index contributed by atoms with van der Waals surface area (Å²) in [4.78, 5) is 0. The van der Waals surface area contributed by atoms with Gasteiger partial charge in [-0.3, -0.25) is 0 Å². The van der Waals surface area contributed by atoms with Gasteiger partial charge in [0.1, 0.15) is 86.2 Å². The highest BCUT2D eigenvalue weighted by atomic mass is 19.4. The third-order valence-electron chi connectivity index (χ3n) is 9.71. The van der Waals surface area contributed by atoms with Crippen LogP contribution in [0.2, 0.25) is 0 Å². The van der Waals surface area contributed by atoms with E-state index in [1.807, 2.05) is 0 Å². The first-order valence-electron chi connectivity index (χ1n) is 19.8. The molecule has 0 radical (unpaired) electrons. The van der Waals surface area contributed by atoms with Crippen molar-refractivity contribution in [3.63, 3.8) is 0 Å². The van der Waals surface area contributed by atoms with Gasteiger partial charge in [0.05, 0.1) is 13.2 Å². The minimum Gasteiger partial charge on any atom is -0.493 e. The molecular formula is C44H39F17O4. The number of hydrogen-bond donors (Lipinski definition) is 0. The highest BCUT2D eigenvalue weighted by molar-refractivity contribution is 5.37. The van der Waals surface area contributed by atoms with E-state index in [2.05, 4.69) is 9.47 Å². The molecule has 0 aliphatic carbocycles. The fourth-order valence-corrected chi connectivity index (χ4v) is 6.42. The zero-order valence-electron chi connectivity index (χ0n) is 34.1. The number of benzene rings is 4. The molecule has 0 spiro atoms. The zero-order chi connectivity index (χ0) is 48.3. The van der Waals surface area contributed by atoms with Gasteiger partial charge in [-0.25, -0.2) is 35.1 Å². The van der Waals surface area contributed by atoms with Crippen molar-refractivity contribution in [3.8, 4) is 23.0 Å². The lowest BCUT2D eigenvalue weighted by Gasteiger charge is -2.20. The van der Waals surface area contributed by atoms with Gasteiger partial charge in [-0.1, -0.05) is 38.5 Å². The van der Waals surface area contributed by atoms with Crippen LogP contribution < -0.4 is 18.9 Å².